The highest BCUT2D eigenvalue weighted by atomic mass is 13.9. The lowest BCUT2D eigenvalue weighted by atomic mass is 10.1. The monoisotopic (exact) mass is 152 g/mol. The highest BCUT2D eigenvalue weighted by molar-refractivity contribution is 4.84. The van der Waals surface area contributed by atoms with Crippen LogP contribution in [0, 0.1) is 5.92 Å². The van der Waals surface area contributed by atoms with E-state index in [1.54, 1.807) is 0 Å². The second kappa shape index (κ2) is 7.59. The molecule has 0 fully saturated rings. The Balaban J connectivity index is 3.09. The van der Waals surface area contributed by atoms with Crippen LogP contribution in [0.15, 0.2) is 24.8 Å². The van der Waals surface area contributed by atoms with Crippen LogP contribution in [0.2, 0.25) is 0 Å². The van der Waals surface area contributed by atoms with Crippen LogP contribution in [0.4, 0.5) is 0 Å². The molecule has 0 radical (unpaired) electrons. The standard InChI is InChI=1S/C11H20/c1-4-5-6-7-8-9-10-11(2)3/h4,7-8,11H,1,5-6,9-10H2,2-3H3. The van der Waals surface area contributed by atoms with Crippen molar-refractivity contribution in [2.45, 2.75) is 39.5 Å². The lowest BCUT2D eigenvalue weighted by Gasteiger charge is -1.98. The topological polar surface area (TPSA) is 0 Å². The molecule has 0 aromatic rings. The Morgan fingerprint density at radius 2 is 1.73 bits per heavy atom. The first-order valence-corrected chi connectivity index (χ1v) is 4.53. The lowest BCUT2D eigenvalue weighted by Crippen LogP contribution is -1.83. The lowest BCUT2D eigenvalue weighted by molar-refractivity contribution is 0.594. The highest BCUT2D eigenvalue weighted by Crippen LogP contribution is 2.04. The Morgan fingerprint density at radius 1 is 1.09 bits per heavy atom. The molecule has 0 bridgehead atoms. The summed E-state index contributed by atoms with van der Waals surface area (Å²) < 4.78 is 0. The Morgan fingerprint density at radius 3 is 2.27 bits per heavy atom. The Kier molecular flexibility index (Phi) is 7.23. The summed E-state index contributed by atoms with van der Waals surface area (Å²) in [6.07, 6.45) is 11.3. The van der Waals surface area contributed by atoms with Crippen LogP contribution in [0.5, 0.6) is 0 Å². The minimum Gasteiger partial charge on any atom is -0.103 e. The first-order valence-electron chi connectivity index (χ1n) is 4.53. The largest absolute Gasteiger partial charge is 0.103 e. The van der Waals surface area contributed by atoms with Gasteiger partial charge in [0, 0.05) is 0 Å². The van der Waals surface area contributed by atoms with Crippen LogP contribution in [-0.2, 0) is 0 Å². The van der Waals surface area contributed by atoms with Crippen molar-refractivity contribution < 1.29 is 0 Å². The quantitative estimate of drug-likeness (QED) is 0.399. The van der Waals surface area contributed by atoms with E-state index in [0.29, 0.717) is 0 Å². The SMILES string of the molecule is C=CCCC=CCCC(C)C. The second-order valence-corrected chi connectivity index (χ2v) is 3.31. The van der Waals surface area contributed by atoms with Gasteiger partial charge in [-0.25, -0.2) is 0 Å². The van der Waals surface area contributed by atoms with Gasteiger partial charge in [-0.1, -0.05) is 32.1 Å². The first kappa shape index (κ1) is 10.5. The molecular weight excluding hydrogens is 132 g/mol. The summed E-state index contributed by atoms with van der Waals surface area (Å²) in [5.74, 6) is 0.832. The Hall–Kier alpha value is -0.520. The van der Waals surface area contributed by atoms with Crippen molar-refractivity contribution >= 4 is 0 Å². The van der Waals surface area contributed by atoms with Crippen LogP contribution in [0.25, 0.3) is 0 Å². The van der Waals surface area contributed by atoms with E-state index < -0.39 is 0 Å². The van der Waals surface area contributed by atoms with Gasteiger partial charge >= 0.3 is 0 Å². The van der Waals surface area contributed by atoms with Gasteiger partial charge in [0.1, 0.15) is 0 Å². The zero-order valence-corrected chi connectivity index (χ0v) is 7.84. The third kappa shape index (κ3) is 9.48. The van der Waals surface area contributed by atoms with Crippen molar-refractivity contribution in [2.75, 3.05) is 0 Å². The van der Waals surface area contributed by atoms with Gasteiger partial charge < -0.3 is 0 Å². The molecule has 0 heteroatoms. The molecule has 0 rings (SSSR count). The maximum atomic E-state index is 3.67. The number of unbranched alkanes of at least 4 members (excludes halogenated alkanes) is 1. The summed E-state index contributed by atoms with van der Waals surface area (Å²) in [6, 6.07) is 0. The molecule has 0 N–H and O–H groups in total. The van der Waals surface area contributed by atoms with Crippen LogP contribution < -0.4 is 0 Å². The predicted octanol–water partition coefficient (Wildman–Crippen LogP) is 3.95. The van der Waals surface area contributed by atoms with E-state index in [9.17, 15) is 0 Å². The Labute approximate surface area is 71.0 Å². The van der Waals surface area contributed by atoms with Crippen molar-refractivity contribution in [2.24, 2.45) is 5.92 Å². The molecule has 0 aromatic carbocycles. The maximum absolute atomic E-state index is 3.67. The van der Waals surface area contributed by atoms with E-state index in [2.05, 4.69) is 32.6 Å². The minimum absolute atomic E-state index is 0.832. The zero-order chi connectivity index (χ0) is 8.53. The smallest absolute Gasteiger partial charge is 0.0316 e. The molecule has 0 saturated carbocycles. The molecule has 64 valence electrons. The molecule has 0 aliphatic carbocycles. The molecule has 0 heterocycles. The molecule has 0 aromatic heterocycles. The number of rotatable bonds is 6. The van der Waals surface area contributed by atoms with E-state index in [0.717, 1.165) is 18.8 Å². The number of hydrogen-bond donors (Lipinski definition) is 0. The summed E-state index contributed by atoms with van der Waals surface area (Å²) in [7, 11) is 0. The molecule has 0 aliphatic rings. The fourth-order valence-corrected chi connectivity index (χ4v) is 0.879. The molecule has 0 saturated heterocycles. The molecule has 11 heavy (non-hydrogen) atoms. The van der Waals surface area contributed by atoms with Gasteiger partial charge in [-0.3, -0.25) is 0 Å². The minimum atomic E-state index is 0.832. The molecule has 0 unspecified atom stereocenters. The summed E-state index contributed by atoms with van der Waals surface area (Å²) in [6.45, 7) is 8.20. The maximum Gasteiger partial charge on any atom is -0.0316 e. The average Bonchev–Trinajstić information content (AvgIpc) is 1.96. The Bertz CT molecular complexity index is 109. The third-order valence-corrected chi connectivity index (χ3v) is 1.61. The number of allylic oxidation sites excluding steroid dienone is 3. The fraction of sp³-hybridized carbons (Fsp3) is 0.636. The highest BCUT2D eigenvalue weighted by Gasteiger charge is 1.88. The summed E-state index contributed by atoms with van der Waals surface area (Å²) in [4.78, 5) is 0. The first-order chi connectivity index (χ1) is 5.27. The van der Waals surface area contributed by atoms with Gasteiger partial charge in [0.15, 0.2) is 0 Å². The van der Waals surface area contributed by atoms with E-state index in [1.165, 1.54) is 12.8 Å². The number of hydrogen-bond acceptors (Lipinski definition) is 0. The van der Waals surface area contributed by atoms with Gasteiger partial charge in [0.05, 0.1) is 0 Å². The predicted molar refractivity (Wildman–Crippen MR) is 52.6 cm³/mol. The molecule has 0 amide bonds. The van der Waals surface area contributed by atoms with Gasteiger partial charge in [-0.15, -0.1) is 6.58 Å². The van der Waals surface area contributed by atoms with Crippen molar-refractivity contribution in [1.29, 1.82) is 0 Å². The molecular formula is C11H20. The van der Waals surface area contributed by atoms with Crippen LogP contribution in [-0.4, -0.2) is 0 Å². The van der Waals surface area contributed by atoms with Gasteiger partial charge in [0.2, 0.25) is 0 Å². The van der Waals surface area contributed by atoms with Crippen molar-refractivity contribution in [1.82, 2.24) is 0 Å². The van der Waals surface area contributed by atoms with E-state index in [4.69, 9.17) is 0 Å². The van der Waals surface area contributed by atoms with Crippen LogP contribution in [0.1, 0.15) is 39.5 Å². The van der Waals surface area contributed by atoms with Crippen molar-refractivity contribution in [3.63, 3.8) is 0 Å². The molecule has 0 aliphatic heterocycles. The second-order valence-electron chi connectivity index (χ2n) is 3.31. The van der Waals surface area contributed by atoms with Gasteiger partial charge in [0.25, 0.3) is 0 Å². The summed E-state index contributed by atoms with van der Waals surface area (Å²) >= 11 is 0. The zero-order valence-electron chi connectivity index (χ0n) is 7.84. The van der Waals surface area contributed by atoms with Crippen LogP contribution in [0.3, 0.4) is 0 Å². The molecule has 0 spiro atoms. The molecule has 0 atom stereocenters. The van der Waals surface area contributed by atoms with Gasteiger partial charge in [-0.2, -0.15) is 0 Å². The van der Waals surface area contributed by atoms with Crippen LogP contribution >= 0.6 is 0 Å². The van der Waals surface area contributed by atoms with E-state index >= 15 is 0 Å². The normalized spacial score (nSPS) is 11.2. The van der Waals surface area contributed by atoms with E-state index in [-0.39, 0.29) is 0 Å². The summed E-state index contributed by atoms with van der Waals surface area (Å²) in [5.41, 5.74) is 0. The fourth-order valence-electron chi connectivity index (χ4n) is 0.879. The van der Waals surface area contributed by atoms with Crippen molar-refractivity contribution in [3.8, 4) is 0 Å². The molecule has 0 nitrogen and oxygen atoms in total. The van der Waals surface area contributed by atoms with Gasteiger partial charge in [-0.05, 0) is 31.6 Å². The third-order valence-electron chi connectivity index (χ3n) is 1.61. The van der Waals surface area contributed by atoms with Crippen molar-refractivity contribution in [3.05, 3.63) is 24.8 Å². The summed E-state index contributed by atoms with van der Waals surface area (Å²) in [5, 5.41) is 0. The average molecular weight is 152 g/mol. The van der Waals surface area contributed by atoms with E-state index in [1.807, 2.05) is 6.08 Å².